The zero-order chi connectivity index (χ0) is 14.6. The lowest BCUT2D eigenvalue weighted by Crippen LogP contribution is -2.31. The quantitative estimate of drug-likeness (QED) is 0.885. The minimum atomic E-state index is -3.43. The molecule has 0 bridgehead atoms. The summed E-state index contributed by atoms with van der Waals surface area (Å²) in [7, 11) is -3.43. The van der Waals surface area contributed by atoms with Gasteiger partial charge in [0.15, 0.2) is 0 Å². The minimum absolute atomic E-state index is 0.664. The molecular formula is C15H17NO3S. The summed E-state index contributed by atoms with van der Waals surface area (Å²) in [5.74, 6) is 0. The van der Waals surface area contributed by atoms with Gasteiger partial charge in [-0.15, -0.1) is 0 Å². The molecule has 4 nitrogen and oxygen atoms in total. The van der Waals surface area contributed by atoms with Gasteiger partial charge in [-0.05, 0) is 11.1 Å². The summed E-state index contributed by atoms with van der Waals surface area (Å²) in [6.45, 7) is 0. The summed E-state index contributed by atoms with van der Waals surface area (Å²) in [5.41, 5.74) is 1.38. The summed E-state index contributed by atoms with van der Waals surface area (Å²) in [6, 6.07) is 17.3. The second-order valence-electron chi connectivity index (χ2n) is 4.63. The number of rotatable bonds is 5. The highest BCUT2D eigenvalue weighted by molar-refractivity contribution is 7.88. The maximum absolute atomic E-state index is 11.5. The van der Waals surface area contributed by atoms with Crippen LogP contribution in [0.4, 0.5) is 0 Å². The molecule has 0 fully saturated rings. The van der Waals surface area contributed by atoms with Crippen LogP contribution in [-0.2, 0) is 10.0 Å². The van der Waals surface area contributed by atoms with Crippen LogP contribution < -0.4 is 4.72 Å². The lowest BCUT2D eigenvalue weighted by Gasteiger charge is -2.24. The molecule has 0 radical (unpaired) electrons. The Kier molecular flexibility index (Phi) is 4.54. The highest BCUT2D eigenvalue weighted by atomic mass is 32.2. The van der Waals surface area contributed by atoms with Crippen molar-refractivity contribution < 1.29 is 13.5 Å². The highest BCUT2D eigenvalue weighted by Crippen LogP contribution is 2.29. The Morgan fingerprint density at radius 2 is 1.35 bits per heavy atom. The van der Waals surface area contributed by atoms with Gasteiger partial charge in [0, 0.05) is 0 Å². The standard InChI is InChI=1S/C15H17NO3S/c1-20(18,19)16-14(12-8-4-2-5-9-12)15(17)13-10-6-3-7-11-13/h2-11,14-17H,1H3/t14-,15-/m0/s1. The van der Waals surface area contributed by atoms with E-state index in [9.17, 15) is 13.5 Å². The van der Waals surface area contributed by atoms with E-state index in [4.69, 9.17) is 0 Å². The van der Waals surface area contributed by atoms with Crippen LogP contribution in [-0.4, -0.2) is 19.8 Å². The average Bonchev–Trinajstić information content (AvgIpc) is 2.45. The molecule has 0 aromatic heterocycles. The topological polar surface area (TPSA) is 66.4 Å². The fourth-order valence-electron chi connectivity index (χ4n) is 2.05. The molecule has 0 aliphatic heterocycles. The van der Waals surface area contributed by atoms with E-state index in [1.54, 1.807) is 36.4 Å². The average molecular weight is 291 g/mol. The van der Waals surface area contributed by atoms with Crippen LogP contribution in [0.5, 0.6) is 0 Å². The second kappa shape index (κ2) is 6.17. The predicted octanol–water partition coefficient (Wildman–Crippen LogP) is 2.01. The van der Waals surface area contributed by atoms with Crippen LogP contribution in [0.15, 0.2) is 60.7 Å². The zero-order valence-corrected chi connectivity index (χ0v) is 11.9. The van der Waals surface area contributed by atoms with E-state index in [1.807, 2.05) is 24.3 Å². The van der Waals surface area contributed by atoms with E-state index >= 15 is 0 Å². The van der Waals surface area contributed by atoms with Gasteiger partial charge in [0.1, 0.15) is 0 Å². The third kappa shape index (κ3) is 3.90. The molecule has 0 heterocycles. The first kappa shape index (κ1) is 14.7. The van der Waals surface area contributed by atoms with Gasteiger partial charge in [0.25, 0.3) is 0 Å². The number of benzene rings is 2. The van der Waals surface area contributed by atoms with Gasteiger partial charge in [-0.25, -0.2) is 13.1 Å². The molecule has 2 N–H and O–H groups in total. The minimum Gasteiger partial charge on any atom is -0.386 e. The molecule has 0 aliphatic carbocycles. The third-order valence-corrected chi connectivity index (χ3v) is 3.64. The summed E-state index contributed by atoms with van der Waals surface area (Å²) in [4.78, 5) is 0. The van der Waals surface area contributed by atoms with E-state index in [2.05, 4.69) is 4.72 Å². The first-order chi connectivity index (χ1) is 9.47. The van der Waals surface area contributed by atoms with Gasteiger partial charge in [0.05, 0.1) is 18.4 Å². The normalized spacial score (nSPS) is 14.7. The van der Waals surface area contributed by atoms with Crippen molar-refractivity contribution in [2.75, 3.05) is 6.26 Å². The van der Waals surface area contributed by atoms with Crippen molar-refractivity contribution in [2.45, 2.75) is 12.1 Å². The van der Waals surface area contributed by atoms with Crippen molar-refractivity contribution >= 4 is 10.0 Å². The highest BCUT2D eigenvalue weighted by Gasteiger charge is 2.25. The maximum Gasteiger partial charge on any atom is 0.209 e. The Hall–Kier alpha value is -1.69. The Balaban J connectivity index is 2.37. The predicted molar refractivity (Wildman–Crippen MR) is 78.6 cm³/mol. The Bertz CT molecular complexity index is 641. The molecule has 0 saturated heterocycles. The van der Waals surface area contributed by atoms with Crippen molar-refractivity contribution in [1.29, 1.82) is 0 Å². The Labute approximate surface area is 119 Å². The Morgan fingerprint density at radius 3 is 1.80 bits per heavy atom. The second-order valence-corrected chi connectivity index (χ2v) is 6.41. The summed E-state index contributed by atoms with van der Waals surface area (Å²) in [5, 5.41) is 10.5. The van der Waals surface area contributed by atoms with E-state index in [0.29, 0.717) is 11.1 Å². The summed E-state index contributed by atoms with van der Waals surface area (Å²) >= 11 is 0. The number of hydrogen-bond acceptors (Lipinski definition) is 3. The lowest BCUT2D eigenvalue weighted by molar-refractivity contribution is 0.139. The van der Waals surface area contributed by atoms with Crippen LogP contribution in [0, 0.1) is 0 Å². The van der Waals surface area contributed by atoms with E-state index in [1.165, 1.54) is 0 Å². The fourth-order valence-corrected chi connectivity index (χ4v) is 2.77. The van der Waals surface area contributed by atoms with E-state index < -0.39 is 22.2 Å². The van der Waals surface area contributed by atoms with Crippen LogP contribution in [0.1, 0.15) is 23.3 Å². The van der Waals surface area contributed by atoms with E-state index in [-0.39, 0.29) is 0 Å². The number of hydrogen-bond donors (Lipinski definition) is 2. The molecular weight excluding hydrogens is 274 g/mol. The molecule has 0 aliphatic rings. The van der Waals surface area contributed by atoms with E-state index in [0.717, 1.165) is 6.26 Å². The van der Waals surface area contributed by atoms with Gasteiger partial charge in [-0.2, -0.15) is 0 Å². The largest absolute Gasteiger partial charge is 0.386 e. The number of aliphatic hydroxyl groups excluding tert-OH is 1. The monoisotopic (exact) mass is 291 g/mol. The van der Waals surface area contributed by atoms with Crippen molar-refractivity contribution in [3.8, 4) is 0 Å². The van der Waals surface area contributed by atoms with Crippen LogP contribution in [0.3, 0.4) is 0 Å². The molecule has 2 aromatic carbocycles. The molecule has 2 atom stereocenters. The molecule has 0 saturated carbocycles. The van der Waals surface area contributed by atoms with Gasteiger partial charge >= 0.3 is 0 Å². The smallest absolute Gasteiger partial charge is 0.209 e. The molecule has 0 amide bonds. The first-order valence-electron chi connectivity index (χ1n) is 6.22. The van der Waals surface area contributed by atoms with Gasteiger partial charge in [0.2, 0.25) is 10.0 Å². The lowest BCUT2D eigenvalue weighted by atomic mass is 9.97. The molecule has 106 valence electrons. The zero-order valence-electron chi connectivity index (χ0n) is 11.1. The Morgan fingerprint density at radius 1 is 0.900 bits per heavy atom. The third-order valence-electron chi connectivity index (χ3n) is 2.96. The maximum atomic E-state index is 11.5. The number of sulfonamides is 1. The number of nitrogens with one attached hydrogen (secondary N) is 1. The van der Waals surface area contributed by atoms with Gasteiger partial charge in [-0.1, -0.05) is 60.7 Å². The first-order valence-corrected chi connectivity index (χ1v) is 8.12. The molecule has 2 rings (SSSR count). The van der Waals surface area contributed by atoms with Crippen molar-refractivity contribution in [3.05, 3.63) is 71.8 Å². The summed E-state index contributed by atoms with van der Waals surface area (Å²) < 4.78 is 25.6. The fraction of sp³-hybridized carbons (Fsp3) is 0.200. The molecule has 5 heteroatoms. The van der Waals surface area contributed by atoms with Crippen LogP contribution >= 0.6 is 0 Å². The molecule has 20 heavy (non-hydrogen) atoms. The summed E-state index contributed by atoms with van der Waals surface area (Å²) in [6.07, 6.45) is 0.133. The van der Waals surface area contributed by atoms with Crippen molar-refractivity contribution in [3.63, 3.8) is 0 Å². The molecule has 0 spiro atoms. The molecule has 0 unspecified atom stereocenters. The van der Waals surface area contributed by atoms with Crippen LogP contribution in [0.2, 0.25) is 0 Å². The van der Waals surface area contributed by atoms with Gasteiger partial charge < -0.3 is 5.11 Å². The van der Waals surface area contributed by atoms with Crippen LogP contribution in [0.25, 0.3) is 0 Å². The van der Waals surface area contributed by atoms with Crippen molar-refractivity contribution in [2.24, 2.45) is 0 Å². The SMILES string of the molecule is CS(=O)(=O)N[C@@H](c1ccccc1)[C@@H](O)c1ccccc1. The molecule has 2 aromatic rings. The van der Waals surface area contributed by atoms with Gasteiger partial charge in [-0.3, -0.25) is 0 Å². The van der Waals surface area contributed by atoms with Crippen molar-refractivity contribution in [1.82, 2.24) is 4.72 Å². The number of aliphatic hydroxyl groups is 1.